The van der Waals surface area contributed by atoms with Crippen LogP contribution in [0.15, 0.2) is 6.07 Å². The monoisotopic (exact) mass is 292 g/mol. The van der Waals surface area contributed by atoms with Crippen LogP contribution < -0.4 is 0 Å². The van der Waals surface area contributed by atoms with Gasteiger partial charge >= 0.3 is 0 Å². The molecule has 0 radical (unpaired) electrons. The largest absolute Gasteiger partial charge is 0.388 e. The summed E-state index contributed by atoms with van der Waals surface area (Å²) < 4.78 is 7.50. The molecule has 1 saturated heterocycles. The molecule has 5 heteroatoms. The van der Waals surface area contributed by atoms with Gasteiger partial charge < -0.3 is 19.3 Å². The van der Waals surface area contributed by atoms with Crippen molar-refractivity contribution in [3.63, 3.8) is 0 Å². The fourth-order valence-corrected chi connectivity index (χ4v) is 3.43. The first kappa shape index (κ1) is 14.6. The summed E-state index contributed by atoms with van der Waals surface area (Å²) in [5, 5.41) is 10.1. The molecule has 1 aliphatic carbocycles. The molecular formula is C16H24N2O3. The molecule has 1 amide bonds. The molecule has 1 aromatic heterocycles. The summed E-state index contributed by atoms with van der Waals surface area (Å²) in [4.78, 5) is 14.1. The Balaban J connectivity index is 1.66. The number of ether oxygens (including phenoxy) is 1. The number of rotatable bonds is 3. The molecule has 1 unspecified atom stereocenters. The van der Waals surface area contributed by atoms with Crippen molar-refractivity contribution in [2.24, 2.45) is 0 Å². The van der Waals surface area contributed by atoms with Gasteiger partial charge in [-0.2, -0.15) is 0 Å². The number of hydrogen-bond acceptors (Lipinski definition) is 3. The predicted octanol–water partition coefficient (Wildman–Crippen LogP) is 1.42. The van der Waals surface area contributed by atoms with E-state index in [4.69, 9.17) is 4.74 Å². The highest BCUT2D eigenvalue weighted by Crippen LogP contribution is 2.32. The van der Waals surface area contributed by atoms with Gasteiger partial charge in [-0.1, -0.05) is 0 Å². The number of carbonyl (C=O) groups is 1. The van der Waals surface area contributed by atoms with Gasteiger partial charge in [0.2, 0.25) is 5.91 Å². The number of aliphatic hydroxyl groups excluding tert-OH is 1. The summed E-state index contributed by atoms with van der Waals surface area (Å²) in [6.07, 6.45) is 3.08. The molecule has 5 nitrogen and oxygen atoms in total. The Morgan fingerprint density at radius 3 is 2.95 bits per heavy atom. The Morgan fingerprint density at radius 1 is 1.43 bits per heavy atom. The molecule has 0 spiro atoms. The number of aromatic nitrogens is 1. The Morgan fingerprint density at radius 2 is 2.19 bits per heavy atom. The molecule has 1 N–H and O–H groups in total. The summed E-state index contributed by atoms with van der Waals surface area (Å²) in [6, 6.07) is 2.08. The van der Waals surface area contributed by atoms with Crippen LogP contribution in [0.2, 0.25) is 0 Å². The number of carbonyl (C=O) groups excluding carboxylic acids is 1. The van der Waals surface area contributed by atoms with E-state index < -0.39 is 0 Å². The zero-order valence-electron chi connectivity index (χ0n) is 12.7. The molecule has 0 bridgehead atoms. The maximum absolute atomic E-state index is 12.2. The molecule has 2 aliphatic rings. The lowest BCUT2D eigenvalue weighted by Gasteiger charge is -2.27. The van der Waals surface area contributed by atoms with Crippen molar-refractivity contribution in [3.8, 4) is 0 Å². The van der Waals surface area contributed by atoms with Crippen LogP contribution in [-0.4, -0.2) is 46.8 Å². The van der Waals surface area contributed by atoms with Crippen molar-refractivity contribution < 1.29 is 14.6 Å². The molecule has 116 valence electrons. The van der Waals surface area contributed by atoms with Gasteiger partial charge in [0, 0.05) is 43.0 Å². The number of aryl methyl sites for hydroxylation is 1. The molecule has 1 aliphatic heterocycles. The third-order valence-electron chi connectivity index (χ3n) is 4.61. The van der Waals surface area contributed by atoms with Gasteiger partial charge in [-0.15, -0.1) is 0 Å². The van der Waals surface area contributed by atoms with Gasteiger partial charge in [-0.25, -0.2) is 0 Å². The summed E-state index contributed by atoms with van der Waals surface area (Å²) in [7, 11) is 0. The third kappa shape index (κ3) is 2.99. The first-order valence-corrected chi connectivity index (χ1v) is 7.89. The summed E-state index contributed by atoms with van der Waals surface area (Å²) in [5.41, 5.74) is 3.44. The Labute approximate surface area is 125 Å². The van der Waals surface area contributed by atoms with Crippen molar-refractivity contribution in [2.75, 3.05) is 26.3 Å². The Hall–Kier alpha value is -1.33. The van der Waals surface area contributed by atoms with Crippen LogP contribution in [0.4, 0.5) is 0 Å². The highest BCUT2D eigenvalue weighted by Gasteiger charge is 2.24. The van der Waals surface area contributed by atoms with E-state index in [0.29, 0.717) is 39.3 Å². The van der Waals surface area contributed by atoms with Crippen LogP contribution in [0.25, 0.3) is 0 Å². The average molecular weight is 292 g/mol. The first-order chi connectivity index (χ1) is 10.2. The van der Waals surface area contributed by atoms with Gasteiger partial charge in [0.25, 0.3) is 0 Å². The van der Waals surface area contributed by atoms with E-state index in [1.807, 2.05) is 4.90 Å². The zero-order valence-corrected chi connectivity index (χ0v) is 12.7. The van der Waals surface area contributed by atoms with E-state index in [-0.39, 0.29) is 12.0 Å². The number of hydrogen-bond donors (Lipinski definition) is 1. The predicted molar refractivity (Wildman–Crippen MR) is 79.1 cm³/mol. The Kier molecular flexibility index (Phi) is 4.31. The van der Waals surface area contributed by atoms with Crippen molar-refractivity contribution in [1.29, 1.82) is 0 Å². The fourth-order valence-electron chi connectivity index (χ4n) is 3.43. The minimum absolute atomic E-state index is 0.205. The lowest BCUT2D eigenvalue weighted by molar-refractivity contribution is -0.135. The van der Waals surface area contributed by atoms with Crippen LogP contribution in [0.1, 0.15) is 42.3 Å². The van der Waals surface area contributed by atoms with E-state index in [0.717, 1.165) is 30.5 Å². The molecule has 0 saturated carbocycles. The lowest BCUT2D eigenvalue weighted by atomic mass is 9.95. The SMILES string of the molecule is Cc1cc2c(n1CCC(=O)N1CCOCC1)CCCC2O. The van der Waals surface area contributed by atoms with E-state index in [1.54, 1.807) is 0 Å². The van der Waals surface area contributed by atoms with Crippen LogP contribution in [0, 0.1) is 6.92 Å². The molecule has 1 atom stereocenters. The lowest BCUT2D eigenvalue weighted by Crippen LogP contribution is -2.41. The number of fused-ring (bicyclic) bond motifs is 1. The standard InChI is InChI=1S/C16H24N2O3/c1-12-11-13-14(3-2-4-15(13)19)18(12)6-5-16(20)17-7-9-21-10-8-17/h11,15,19H,2-10H2,1H3. The van der Waals surface area contributed by atoms with Crippen LogP contribution in [0.3, 0.4) is 0 Å². The molecule has 2 heterocycles. The van der Waals surface area contributed by atoms with Crippen LogP contribution >= 0.6 is 0 Å². The smallest absolute Gasteiger partial charge is 0.224 e. The van der Waals surface area contributed by atoms with Gasteiger partial charge in [0.1, 0.15) is 0 Å². The fraction of sp³-hybridized carbons (Fsp3) is 0.688. The Bertz CT molecular complexity index is 518. The second-order valence-corrected chi connectivity index (χ2v) is 5.99. The quantitative estimate of drug-likeness (QED) is 0.916. The maximum atomic E-state index is 12.2. The van der Waals surface area contributed by atoms with Crippen molar-refractivity contribution in [3.05, 3.63) is 23.0 Å². The topological polar surface area (TPSA) is 54.7 Å². The second kappa shape index (κ2) is 6.20. The molecule has 21 heavy (non-hydrogen) atoms. The average Bonchev–Trinajstić information content (AvgIpc) is 2.83. The number of nitrogens with zero attached hydrogens (tertiary/aromatic N) is 2. The van der Waals surface area contributed by atoms with Crippen molar-refractivity contribution >= 4 is 5.91 Å². The van der Waals surface area contributed by atoms with Gasteiger partial charge in [-0.05, 0) is 32.3 Å². The van der Waals surface area contributed by atoms with Crippen molar-refractivity contribution in [2.45, 2.75) is 45.3 Å². The normalized spacial score (nSPS) is 22.2. The third-order valence-corrected chi connectivity index (χ3v) is 4.61. The molecule has 3 rings (SSSR count). The highest BCUT2D eigenvalue weighted by molar-refractivity contribution is 5.76. The molecular weight excluding hydrogens is 268 g/mol. The number of aliphatic hydroxyl groups is 1. The van der Waals surface area contributed by atoms with Crippen LogP contribution in [-0.2, 0) is 22.5 Å². The maximum Gasteiger partial charge on any atom is 0.224 e. The molecule has 1 fully saturated rings. The highest BCUT2D eigenvalue weighted by atomic mass is 16.5. The summed E-state index contributed by atoms with van der Waals surface area (Å²) in [5.74, 6) is 0.205. The van der Waals surface area contributed by atoms with Crippen molar-refractivity contribution in [1.82, 2.24) is 9.47 Å². The second-order valence-electron chi connectivity index (χ2n) is 5.99. The van der Waals surface area contributed by atoms with Crippen LogP contribution in [0.5, 0.6) is 0 Å². The van der Waals surface area contributed by atoms with Gasteiger partial charge in [0.15, 0.2) is 0 Å². The minimum Gasteiger partial charge on any atom is -0.388 e. The van der Waals surface area contributed by atoms with E-state index >= 15 is 0 Å². The van der Waals surface area contributed by atoms with E-state index in [2.05, 4.69) is 17.6 Å². The van der Waals surface area contributed by atoms with E-state index in [1.165, 1.54) is 5.69 Å². The van der Waals surface area contributed by atoms with E-state index in [9.17, 15) is 9.90 Å². The van der Waals surface area contributed by atoms with Gasteiger partial charge in [-0.3, -0.25) is 4.79 Å². The number of morpholine rings is 1. The zero-order chi connectivity index (χ0) is 14.8. The van der Waals surface area contributed by atoms with Gasteiger partial charge in [0.05, 0.1) is 19.3 Å². The summed E-state index contributed by atoms with van der Waals surface area (Å²) in [6.45, 7) is 5.49. The first-order valence-electron chi connectivity index (χ1n) is 7.89. The minimum atomic E-state index is -0.330. The molecule has 1 aromatic rings. The summed E-state index contributed by atoms with van der Waals surface area (Å²) >= 11 is 0. The number of amides is 1. The molecule has 0 aromatic carbocycles.